The van der Waals surface area contributed by atoms with E-state index in [1.165, 1.54) is 0 Å². The highest BCUT2D eigenvalue weighted by Crippen LogP contribution is 2.44. The first-order valence-corrected chi connectivity index (χ1v) is 4.44. The number of hydrogen-bond donors (Lipinski definition) is 0. The van der Waals surface area contributed by atoms with E-state index in [0.29, 0.717) is 17.5 Å². The SMILES string of the molecule is CC(C)OC(=O)C1=NCC2CC12. The minimum absolute atomic E-state index is 0.0296. The van der Waals surface area contributed by atoms with Crippen LogP contribution in [0.1, 0.15) is 20.3 Å². The van der Waals surface area contributed by atoms with Crippen molar-refractivity contribution in [2.45, 2.75) is 26.4 Å². The largest absolute Gasteiger partial charge is 0.458 e. The van der Waals surface area contributed by atoms with Gasteiger partial charge in [-0.2, -0.15) is 0 Å². The molecule has 1 aliphatic carbocycles. The summed E-state index contributed by atoms with van der Waals surface area (Å²) in [6.45, 7) is 4.56. The summed E-state index contributed by atoms with van der Waals surface area (Å²) in [4.78, 5) is 15.5. The molecule has 0 aromatic rings. The third-order valence-corrected chi connectivity index (χ3v) is 2.32. The van der Waals surface area contributed by atoms with Crippen molar-refractivity contribution in [1.29, 1.82) is 0 Å². The fourth-order valence-electron chi connectivity index (χ4n) is 1.61. The van der Waals surface area contributed by atoms with Gasteiger partial charge in [0.2, 0.25) is 0 Å². The summed E-state index contributed by atoms with van der Waals surface area (Å²) in [6.07, 6.45) is 1.12. The van der Waals surface area contributed by atoms with E-state index < -0.39 is 0 Å². The van der Waals surface area contributed by atoms with E-state index >= 15 is 0 Å². The van der Waals surface area contributed by atoms with Gasteiger partial charge in [0.15, 0.2) is 0 Å². The molecule has 1 aliphatic heterocycles. The Bertz CT molecular complexity index is 245. The number of aliphatic imine (C=N–C) groups is 1. The molecule has 0 N–H and O–H groups in total. The molecule has 0 aromatic heterocycles. The van der Waals surface area contributed by atoms with Crippen molar-refractivity contribution in [2.24, 2.45) is 16.8 Å². The average molecular weight is 167 g/mol. The molecule has 0 radical (unpaired) electrons. The summed E-state index contributed by atoms with van der Waals surface area (Å²) < 4.78 is 5.06. The third-order valence-electron chi connectivity index (χ3n) is 2.32. The van der Waals surface area contributed by atoms with E-state index in [9.17, 15) is 4.79 Å². The Morgan fingerprint density at radius 2 is 2.42 bits per heavy atom. The van der Waals surface area contributed by atoms with Gasteiger partial charge in [0.05, 0.1) is 6.10 Å². The van der Waals surface area contributed by atoms with Gasteiger partial charge < -0.3 is 4.74 Å². The normalized spacial score (nSPS) is 31.4. The van der Waals surface area contributed by atoms with Crippen LogP contribution in [0.5, 0.6) is 0 Å². The van der Waals surface area contributed by atoms with Crippen LogP contribution in [0.25, 0.3) is 0 Å². The molecule has 1 fully saturated rings. The van der Waals surface area contributed by atoms with Crippen LogP contribution in [0.2, 0.25) is 0 Å². The lowest BCUT2D eigenvalue weighted by atomic mass is 10.2. The van der Waals surface area contributed by atoms with Crippen molar-refractivity contribution in [3.05, 3.63) is 0 Å². The standard InChI is InChI=1S/C9H13NO2/c1-5(2)12-9(11)8-7-3-6(7)4-10-8/h5-7H,3-4H2,1-2H3. The predicted octanol–water partition coefficient (Wildman–Crippen LogP) is 1.03. The molecule has 0 aromatic carbocycles. The van der Waals surface area contributed by atoms with Gasteiger partial charge in [-0.3, -0.25) is 4.99 Å². The highest BCUT2D eigenvalue weighted by molar-refractivity contribution is 6.38. The summed E-state index contributed by atoms with van der Waals surface area (Å²) in [6, 6.07) is 0. The van der Waals surface area contributed by atoms with Crippen LogP contribution >= 0.6 is 0 Å². The van der Waals surface area contributed by atoms with Crippen molar-refractivity contribution in [2.75, 3.05) is 6.54 Å². The van der Waals surface area contributed by atoms with Crippen LogP contribution in [0.4, 0.5) is 0 Å². The maximum Gasteiger partial charge on any atom is 0.352 e. The Hall–Kier alpha value is -0.860. The van der Waals surface area contributed by atoms with Crippen LogP contribution in [-0.4, -0.2) is 24.3 Å². The van der Waals surface area contributed by atoms with E-state index in [1.807, 2.05) is 13.8 Å². The van der Waals surface area contributed by atoms with E-state index in [-0.39, 0.29) is 12.1 Å². The van der Waals surface area contributed by atoms with Crippen LogP contribution < -0.4 is 0 Å². The van der Waals surface area contributed by atoms with Gasteiger partial charge in [-0.15, -0.1) is 0 Å². The van der Waals surface area contributed by atoms with Gasteiger partial charge in [0.25, 0.3) is 0 Å². The number of carbonyl (C=O) groups excluding carboxylic acids is 1. The van der Waals surface area contributed by atoms with E-state index in [2.05, 4.69) is 4.99 Å². The number of fused-ring (bicyclic) bond motifs is 1. The maximum atomic E-state index is 11.3. The third kappa shape index (κ3) is 1.24. The molecular formula is C9H13NO2. The molecule has 0 saturated heterocycles. The van der Waals surface area contributed by atoms with Gasteiger partial charge in [0, 0.05) is 12.5 Å². The zero-order valence-electron chi connectivity index (χ0n) is 7.41. The molecule has 0 amide bonds. The molecular weight excluding hydrogens is 154 g/mol. The Morgan fingerprint density at radius 3 is 2.83 bits per heavy atom. The summed E-state index contributed by atoms with van der Waals surface area (Å²) >= 11 is 0. The number of rotatable bonds is 2. The predicted molar refractivity (Wildman–Crippen MR) is 45.1 cm³/mol. The first-order chi connectivity index (χ1) is 5.68. The van der Waals surface area contributed by atoms with Crippen molar-refractivity contribution in [3.8, 4) is 0 Å². The molecule has 2 atom stereocenters. The Kier molecular flexibility index (Phi) is 1.67. The second-order valence-corrected chi connectivity index (χ2v) is 3.78. The van der Waals surface area contributed by atoms with Crippen molar-refractivity contribution >= 4 is 11.7 Å². The second-order valence-electron chi connectivity index (χ2n) is 3.78. The molecule has 1 heterocycles. The van der Waals surface area contributed by atoms with Crippen molar-refractivity contribution in [1.82, 2.24) is 0 Å². The fourth-order valence-corrected chi connectivity index (χ4v) is 1.61. The van der Waals surface area contributed by atoms with Gasteiger partial charge in [-0.05, 0) is 26.2 Å². The minimum atomic E-state index is -0.199. The first-order valence-electron chi connectivity index (χ1n) is 4.44. The monoisotopic (exact) mass is 167 g/mol. The van der Waals surface area contributed by atoms with Crippen molar-refractivity contribution < 1.29 is 9.53 Å². The zero-order valence-corrected chi connectivity index (χ0v) is 7.41. The highest BCUT2D eigenvalue weighted by atomic mass is 16.5. The smallest absolute Gasteiger partial charge is 0.352 e. The molecule has 0 spiro atoms. The summed E-state index contributed by atoms with van der Waals surface area (Å²) in [5, 5.41) is 0. The molecule has 3 heteroatoms. The van der Waals surface area contributed by atoms with Crippen LogP contribution in [0, 0.1) is 11.8 Å². The lowest BCUT2D eigenvalue weighted by Crippen LogP contribution is -2.21. The first kappa shape index (κ1) is 7.77. The lowest BCUT2D eigenvalue weighted by Gasteiger charge is -2.07. The van der Waals surface area contributed by atoms with Crippen LogP contribution in [0.3, 0.4) is 0 Å². The van der Waals surface area contributed by atoms with E-state index in [1.54, 1.807) is 0 Å². The second kappa shape index (κ2) is 2.57. The van der Waals surface area contributed by atoms with Crippen LogP contribution in [-0.2, 0) is 9.53 Å². The molecule has 66 valence electrons. The lowest BCUT2D eigenvalue weighted by molar-refractivity contribution is -0.139. The average Bonchev–Trinajstić information content (AvgIpc) is 2.61. The molecule has 2 aliphatic rings. The quantitative estimate of drug-likeness (QED) is 0.576. The van der Waals surface area contributed by atoms with Gasteiger partial charge in [-0.25, -0.2) is 4.79 Å². The summed E-state index contributed by atoms with van der Waals surface area (Å²) in [7, 11) is 0. The minimum Gasteiger partial charge on any atom is -0.458 e. The van der Waals surface area contributed by atoms with E-state index in [4.69, 9.17) is 4.74 Å². The number of esters is 1. The molecule has 3 nitrogen and oxygen atoms in total. The Balaban J connectivity index is 1.96. The topological polar surface area (TPSA) is 38.7 Å². The Labute approximate surface area is 71.8 Å². The maximum absolute atomic E-state index is 11.3. The number of hydrogen-bond acceptors (Lipinski definition) is 3. The van der Waals surface area contributed by atoms with Gasteiger partial charge >= 0.3 is 5.97 Å². The van der Waals surface area contributed by atoms with Gasteiger partial charge in [0.1, 0.15) is 5.71 Å². The molecule has 2 unspecified atom stereocenters. The van der Waals surface area contributed by atoms with E-state index in [0.717, 1.165) is 13.0 Å². The zero-order chi connectivity index (χ0) is 8.72. The molecule has 0 bridgehead atoms. The summed E-state index contributed by atoms with van der Waals surface area (Å²) in [5.41, 5.74) is 0.689. The number of carbonyl (C=O) groups is 1. The summed E-state index contributed by atoms with van der Waals surface area (Å²) in [5.74, 6) is 0.908. The van der Waals surface area contributed by atoms with Gasteiger partial charge in [-0.1, -0.05) is 0 Å². The fraction of sp³-hybridized carbons (Fsp3) is 0.778. The highest BCUT2D eigenvalue weighted by Gasteiger charge is 2.48. The van der Waals surface area contributed by atoms with Crippen molar-refractivity contribution in [3.63, 3.8) is 0 Å². The number of ether oxygens (including phenoxy) is 1. The molecule has 1 saturated carbocycles. The molecule has 12 heavy (non-hydrogen) atoms. The van der Waals surface area contributed by atoms with Crippen LogP contribution in [0.15, 0.2) is 4.99 Å². The number of nitrogens with zero attached hydrogens (tertiary/aromatic N) is 1. The Morgan fingerprint density at radius 1 is 1.67 bits per heavy atom. The molecule has 2 rings (SSSR count).